The van der Waals surface area contributed by atoms with Gasteiger partial charge in [0.1, 0.15) is 0 Å². The van der Waals surface area contributed by atoms with Crippen LogP contribution in [-0.4, -0.2) is 43.1 Å². The summed E-state index contributed by atoms with van der Waals surface area (Å²) < 4.78 is 5.31. The van der Waals surface area contributed by atoms with Crippen molar-refractivity contribution in [2.45, 2.75) is 12.8 Å². The van der Waals surface area contributed by atoms with Crippen molar-refractivity contribution in [1.82, 2.24) is 4.90 Å². The van der Waals surface area contributed by atoms with Gasteiger partial charge in [-0.15, -0.1) is 17.0 Å². The number of alkyl halides is 1. The molecular weight excluding hydrogens is 298 g/mol. The summed E-state index contributed by atoms with van der Waals surface area (Å²) in [6, 6.07) is 0. The standard InChI is InChI=1S/C9H16BrNO.BrH/c10-7-9(1-2-9)8-11-3-5-12-6-4-11;/h1-8H2;1H. The molecule has 1 aliphatic carbocycles. The molecule has 78 valence electrons. The van der Waals surface area contributed by atoms with Crippen LogP contribution in [0.1, 0.15) is 12.8 Å². The normalized spacial score (nSPS) is 26.5. The molecule has 2 rings (SSSR count). The van der Waals surface area contributed by atoms with Crippen molar-refractivity contribution in [3.8, 4) is 0 Å². The quantitative estimate of drug-likeness (QED) is 0.740. The van der Waals surface area contributed by atoms with Crippen molar-refractivity contribution >= 4 is 32.9 Å². The Hall–Kier alpha value is 0.880. The highest BCUT2D eigenvalue weighted by molar-refractivity contribution is 9.09. The summed E-state index contributed by atoms with van der Waals surface area (Å²) in [6.45, 7) is 5.40. The van der Waals surface area contributed by atoms with E-state index in [1.165, 1.54) is 24.7 Å². The van der Waals surface area contributed by atoms with Crippen LogP contribution in [0.3, 0.4) is 0 Å². The SMILES string of the molecule is Br.BrCC1(CN2CCOCC2)CC1. The molecule has 0 aromatic rings. The van der Waals surface area contributed by atoms with E-state index in [4.69, 9.17) is 4.74 Å². The number of hydrogen-bond acceptors (Lipinski definition) is 2. The van der Waals surface area contributed by atoms with Crippen molar-refractivity contribution in [1.29, 1.82) is 0 Å². The molecule has 1 saturated heterocycles. The minimum Gasteiger partial charge on any atom is -0.379 e. The summed E-state index contributed by atoms with van der Waals surface area (Å²) in [4.78, 5) is 2.54. The summed E-state index contributed by atoms with van der Waals surface area (Å²) in [6.07, 6.45) is 2.82. The zero-order valence-corrected chi connectivity index (χ0v) is 11.1. The molecule has 0 bridgehead atoms. The van der Waals surface area contributed by atoms with E-state index in [0.717, 1.165) is 26.3 Å². The Morgan fingerprint density at radius 3 is 2.31 bits per heavy atom. The number of morpholine rings is 1. The average Bonchev–Trinajstić information content (AvgIpc) is 2.88. The molecule has 0 aromatic heterocycles. The van der Waals surface area contributed by atoms with Crippen LogP contribution in [0.4, 0.5) is 0 Å². The Morgan fingerprint density at radius 2 is 1.85 bits per heavy atom. The zero-order valence-electron chi connectivity index (χ0n) is 7.80. The summed E-state index contributed by atoms with van der Waals surface area (Å²) in [5.41, 5.74) is 0.636. The first-order valence-electron chi connectivity index (χ1n) is 4.71. The average molecular weight is 315 g/mol. The highest BCUT2D eigenvalue weighted by Crippen LogP contribution is 2.47. The Bertz CT molecular complexity index is 156. The van der Waals surface area contributed by atoms with E-state index in [1.807, 2.05) is 0 Å². The molecule has 1 saturated carbocycles. The van der Waals surface area contributed by atoms with Crippen molar-refractivity contribution in [2.24, 2.45) is 5.41 Å². The van der Waals surface area contributed by atoms with E-state index in [0.29, 0.717) is 5.41 Å². The maximum Gasteiger partial charge on any atom is 0.0594 e. The molecule has 2 fully saturated rings. The number of hydrogen-bond donors (Lipinski definition) is 0. The predicted octanol–water partition coefficient (Wildman–Crippen LogP) is 2.07. The van der Waals surface area contributed by atoms with Gasteiger partial charge in [-0.2, -0.15) is 0 Å². The van der Waals surface area contributed by atoms with Gasteiger partial charge in [0.25, 0.3) is 0 Å². The minimum absolute atomic E-state index is 0. The van der Waals surface area contributed by atoms with E-state index in [-0.39, 0.29) is 17.0 Å². The monoisotopic (exact) mass is 313 g/mol. The van der Waals surface area contributed by atoms with E-state index < -0.39 is 0 Å². The fraction of sp³-hybridized carbons (Fsp3) is 1.00. The molecule has 13 heavy (non-hydrogen) atoms. The molecular formula is C9H17Br2NO. The van der Waals surface area contributed by atoms with Crippen LogP contribution in [0.15, 0.2) is 0 Å². The molecule has 2 nitrogen and oxygen atoms in total. The molecule has 4 heteroatoms. The van der Waals surface area contributed by atoms with Crippen LogP contribution in [0.25, 0.3) is 0 Å². The Balaban J connectivity index is 0.000000845. The number of halogens is 2. The fourth-order valence-corrected chi connectivity index (χ4v) is 2.48. The molecule has 1 heterocycles. The highest BCUT2D eigenvalue weighted by atomic mass is 79.9. The first-order chi connectivity index (χ1) is 5.85. The second-order valence-corrected chi connectivity index (χ2v) is 4.58. The number of ether oxygens (including phenoxy) is 1. The summed E-state index contributed by atoms with van der Waals surface area (Å²) >= 11 is 3.60. The maximum atomic E-state index is 5.31. The molecule has 1 aliphatic heterocycles. The Labute approximate surface area is 98.9 Å². The largest absolute Gasteiger partial charge is 0.379 e. The van der Waals surface area contributed by atoms with Gasteiger partial charge in [-0.1, -0.05) is 15.9 Å². The second-order valence-electron chi connectivity index (χ2n) is 4.02. The van der Waals surface area contributed by atoms with Crippen LogP contribution < -0.4 is 0 Å². The third-order valence-electron chi connectivity index (χ3n) is 2.90. The van der Waals surface area contributed by atoms with Gasteiger partial charge < -0.3 is 4.74 Å². The summed E-state index contributed by atoms with van der Waals surface area (Å²) in [5, 5.41) is 1.18. The van der Waals surface area contributed by atoms with Gasteiger partial charge in [-0.3, -0.25) is 4.90 Å². The zero-order chi connectivity index (χ0) is 8.44. The molecule has 0 radical (unpaired) electrons. The molecule has 0 spiro atoms. The first-order valence-corrected chi connectivity index (χ1v) is 5.83. The maximum absolute atomic E-state index is 5.31. The van der Waals surface area contributed by atoms with Gasteiger partial charge in [0.15, 0.2) is 0 Å². The molecule has 0 aromatic carbocycles. The third-order valence-corrected chi connectivity index (χ3v) is 4.09. The van der Waals surface area contributed by atoms with Gasteiger partial charge in [-0.25, -0.2) is 0 Å². The van der Waals surface area contributed by atoms with Crippen molar-refractivity contribution in [2.75, 3.05) is 38.2 Å². The Morgan fingerprint density at radius 1 is 1.23 bits per heavy atom. The van der Waals surface area contributed by atoms with Crippen LogP contribution in [-0.2, 0) is 4.74 Å². The molecule has 0 N–H and O–H groups in total. The predicted molar refractivity (Wildman–Crippen MR) is 63.0 cm³/mol. The molecule has 0 unspecified atom stereocenters. The number of rotatable bonds is 3. The summed E-state index contributed by atoms with van der Waals surface area (Å²) in [5.74, 6) is 0. The lowest BCUT2D eigenvalue weighted by Crippen LogP contribution is -2.40. The van der Waals surface area contributed by atoms with Crippen molar-refractivity contribution in [3.63, 3.8) is 0 Å². The summed E-state index contributed by atoms with van der Waals surface area (Å²) in [7, 11) is 0. The fourth-order valence-electron chi connectivity index (χ4n) is 1.74. The van der Waals surface area contributed by atoms with Gasteiger partial charge in [0.2, 0.25) is 0 Å². The van der Waals surface area contributed by atoms with E-state index in [9.17, 15) is 0 Å². The Kier molecular flexibility index (Phi) is 4.69. The molecule has 0 atom stereocenters. The van der Waals surface area contributed by atoms with Crippen molar-refractivity contribution in [3.05, 3.63) is 0 Å². The molecule has 2 aliphatic rings. The van der Waals surface area contributed by atoms with Gasteiger partial charge in [-0.05, 0) is 18.3 Å². The second kappa shape index (κ2) is 5.10. The van der Waals surface area contributed by atoms with Gasteiger partial charge in [0, 0.05) is 25.0 Å². The van der Waals surface area contributed by atoms with Crippen LogP contribution in [0.5, 0.6) is 0 Å². The van der Waals surface area contributed by atoms with E-state index in [2.05, 4.69) is 20.8 Å². The lowest BCUT2D eigenvalue weighted by molar-refractivity contribution is 0.0302. The number of nitrogens with zero attached hydrogens (tertiary/aromatic N) is 1. The van der Waals surface area contributed by atoms with E-state index >= 15 is 0 Å². The van der Waals surface area contributed by atoms with Crippen molar-refractivity contribution < 1.29 is 4.74 Å². The highest BCUT2D eigenvalue weighted by Gasteiger charge is 2.42. The third kappa shape index (κ3) is 3.18. The topological polar surface area (TPSA) is 12.5 Å². The van der Waals surface area contributed by atoms with Crippen LogP contribution in [0, 0.1) is 5.41 Å². The first kappa shape index (κ1) is 12.0. The van der Waals surface area contributed by atoms with Gasteiger partial charge >= 0.3 is 0 Å². The van der Waals surface area contributed by atoms with Gasteiger partial charge in [0.05, 0.1) is 13.2 Å². The minimum atomic E-state index is 0. The molecule has 0 amide bonds. The smallest absolute Gasteiger partial charge is 0.0594 e. The van der Waals surface area contributed by atoms with Crippen LogP contribution >= 0.6 is 32.9 Å². The lowest BCUT2D eigenvalue weighted by Gasteiger charge is -2.29. The van der Waals surface area contributed by atoms with E-state index in [1.54, 1.807) is 0 Å². The lowest BCUT2D eigenvalue weighted by atomic mass is 10.1. The van der Waals surface area contributed by atoms with Crippen LogP contribution in [0.2, 0.25) is 0 Å².